The van der Waals surface area contributed by atoms with Gasteiger partial charge in [-0.25, -0.2) is 0 Å². The first-order valence-corrected chi connectivity index (χ1v) is 13.7. The van der Waals surface area contributed by atoms with Gasteiger partial charge in [-0.1, -0.05) is 6.92 Å². The van der Waals surface area contributed by atoms with Crippen molar-refractivity contribution in [3.05, 3.63) is 0 Å². The van der Waals surface area contributed by atoms with Gasteiger partial charge in [0.25, 0.3) is 0 Å². The van der Waals surface area contributed by atoms with Crippen molar-refractivity contribution in [3.8, 4) is 0 Å². The number of rotatable bonds is 28. The second kappa shape index (κ2) is 22.9. The van der Waals surface area contributed by atoms with Crippen LogP contribution < -0.4 is 26.6 Å². The summed E-state index contributed by atoms with van der Waals surface area (Å²) in [4.78, 5) is 54.9. The number of nitrogens with one attached hydrogen (secondary N) is 5. The first-order valence-electron chi connectivity index (χ1n) is 13.7. The average molecular weight is 578 g/mol. The van der Waals surface area contributed by atoms with Gasteiger partial charge in [-0.05, 0) is 64.3 Å². The maximum absolute atomic E-state index is 11.2. The Morgan fingerprint density at radius 2 is 0.775 bits per heavy atom. The molecule has 0 aromatic heterocycles. The normalized spacial score (nSPS) is 14.2. The lowest BCUT2D eigenvalue weighted by atomic mass is 9.95. The fourth-order valence-corrected chi connectivity index (χ4v) is 4.30. The van der Waals surface area contributed by atoms with Gasteiger partial charge in [0.05, 0.1) is 32.7 Å². The minimum absolute atomic E-state index is 0.0442. The molecule has 0 spiro atoms. The van der Waals surface area contributed by atoms with Crippen LogP contribution in [-0.2, 0) is 24.0 Å². The average Bonchev–Trinajstić information content (AvgIpc) is 2.87. The van der Waals surface area contributed by atoms with E-state index in [4.69, 9.17) is 25.5 Å². The predicted molar refractivity (Wildman–Crippen MR) is 145 cm³/mol. The quantitative estimate of drug-likeness (QED) is 0.0520. The highest BCUT2D eigenvalue weighted by molar-refractivity contribution is 5.70. The minimum Gasteiger partial charge on any atom is -0.480 e. The maximum atomic E-state index is 11.2. The van der Waals surface area contributed by atoms with Gasteiger partial charge in [-0.3, -0.25) is 24.0 Å². The van der Waals surface area contributed by atoms with Crippen molar-refractivity contribution in [2.75, 3.05) is 39.3 Å². The maximum Gasteiger partial charge on any atom is 0.317 e. The Morgan fingerprint density at radius 3 is 1.10 bits per heavy atom. The van der Waals surface area contributed by atoms with Gasteiger partial charge in [0.15, 0.2) is 0 Å². The third kappa shape index (κ3) is 23.1. The molecule has 40 heavy (non-hydrogen) atoms. The summed E-state index contributed by atoms with van der Waals surface area (Å²) in [5.74, 6) is -4.97. The van der Waals surface area contributed by atoms with Crippen LogP contribution in [0.3, 0.4) is 0 Å². The van der Waals surface area contributed by atoms with Crippen molar-refractivity contribution in [2.24, 2.45) is 0 Å². The van der Waals surface area contributed by atoms with E-state index in [0.717, 1.165) is 0 Å². The summed E-state index contributed by atoms with van der Waals surface area (Å²) in [6, 6.07) is -0.635. The van der Waals surface area contributed by atoms with Crippen LogP contribution in [0.5, 0.6) is 0 Å². The first kappa shape index (κ1) is 37.1. The number of aliphatic carboxylic acids is 5. The van der Waals surface area contributed by atoms with E-state index in [0.29, 0.717) is 64.3 Å². The Kier molecular flexibility index (Phi) is 21.3. The Labute approximate surface area is 234 Å². The molecule has 0 aliphatic heterocycles. The monoisotopic (exact) mass is 577 g/mol. The Balaban J connectivity index is 5.14. The lowest BCUT2D eigenvalue weighted by molar-refractivity contribution is -0.137. The molecule has 0 rings (SSSR count). The van der Waals surface area contributed by atoms with Crippen molar-refractivity contribution in [1.29, 1.82) is 0 Å². The topological polar surface area (TPSA) is 247 Å². The van der Waals surface area contributed by atoms with Crippen LogP contribution >= 0.6 is 0 Å². The molecule has 0 aliphatic carbocycles. The molecule has 0 aliphatic rings. The van der Waals surface area contributed by atoms with Crippen molar-refractivity contribution >= 4 is 29.8 Å². The molecule has 4 atom stereocenters. The number of hydrogen-bond acceptors (Lipinski definition) is 10. The van der Waals surface area contributed by atoms with Crippen LogP contribution in [0.25, 0.3) is 0 Å². The number of carboxylic acids is 5. The highest BCUT2D eigenvalue weighted by Crippen LogP contribution is 2.15. The minimum atomic E-state index is -1.02. The van der Waals surface area contributed by atoms with E-state index in [9.17, 15) is 24.0 Å². The molecule has 0 bridgehead atoms. The number of hydrogen-bond donors (Lipinski definition) is 10. The molecule has 15 heteroatoms. The van der Waals surface area contributed by atoms with Gasteiger partial charge in [0, 0.05) is 24.2 Å². The van der Waals surface area contributed by atoms with Crippen molar-refractivity contribution in [3.63, 3.8) is 0 Å². The lowest BCUT2D eigenvalue weighted by Crippen LogP contribution is -2.40. The van der Waals surface area contributed by atoms with E-state index >= 15 is 0 Å². The molecule has 0 heterocycles. The fraction of sp³-hybridized carbons (Fsp3) is 0.800. The summed E-state index contributed by atoms with van der Waals surface area (Å²) in [6.45, 7) is 1.31. The molecule has 15 nitrogen and oxygen atoms in total. The summed E-state index contributed by atoms with van der Waals surface area (Å²) >= 11 is 0. The Hall–Kier alpha value is -2.85. The van der Waals surface area contributed by atoms with Crippen LogP contribution in [0, 0.1) is 0 Å². The van der Waals surface area contributed by atoms with Gasteiger partial charge in [-0.15, -0.1) is 0 Å². The third-order valence-corrected chi connectivity index (χ3v) is 6.43. The molecular weight excluding hydrogens is 530 g/mol. The summed E-state index contributed by atoms with van der Waals surface area (Å²) < 4.78 is 0. The van der Waals surface area contributed by atoms with E-state index < -0.39 is 29.8 Å². The Bertz CT molecular complexity index is 770. The SMILES string of the molecule is CCC(CCC(CCC(CCC(CCCNCC(=O)O)NCC(=O)O)NCC(=O)O)NCC(=O)O)NCC(=O)O. The smallest absolute Gasteiger partial charge is 0.317 e. The van der Waals surface area contributed by atoms with Gasteiger partial charge in [0.2, 0.25) is 0 Å². The van der Waals surface area contributed by atoms with Crippen molar-refractivity contribution < 1.29 is 49.5 Å². The van der Waals surface area contributed by atoms with Gasteiger partial charge < -0.3 is 52.1 Å². The zero-order valence-electron chi connectivity index (χ0n) is 23.2. The molecule has 10 N–H and O–H groups in total. The molecule has 232 valence electrons. The van der Waals surface area contributed by atoms with Crippen molar-refractivity contribution in [1.82, 2.24) is 26.6 Å². The number of carboxylic acid groups (broad SMARTS) is 5. The summed E-state index contributed by atoms with van der Waals surface area (Å²) in [5, 5.41) is 59.7. The van der Waals surface area contributed by atoms with Crippen molar-refractivity contribution in [2.45, 2.75) is 88.9 Å². The summed E-state index contributed by atoms with van der Waals surface area (Å²) in [6.07, 6.45) is 5.32. The van der Waals surface area contributed by atoms with E-state index in [1.807, 2.05) is 6.92 Å². The lowest BCUT2D eigenvalue weighted by Gasteiger charge is -2.26. The standard InChI is InChI=1S/C25H47N5O10/c1-2-17(27-13-22(33)34)5-6-19(29-15-24(37)38)9-10-20(30-16-25(39)40)8-7-18(28-14-23(35)36)4-3-11-26-12-21(31)32/h17-20,26-30H,2-16H2,1H3,(H,31,32)(H,33,34)(H,35,36)(H,37,38)(H,39,40). The second-order valence-corrected chi connectivity index (χ2v) is 9.74. The third-order valence-electron chi connectivity index (χ3n) is 6.43. The second-order valence-electron chi connectivity index (χ2n) is 9.74. The van der Waals surface area contributed by atoms with Crippen LogP contribution in [0.4, 0.5) is 0 Å². The molecule has 0 amide bonds. The van der Waals surface area contributed by atoms with E-state index in [1.54, 1.807) is 0 Å². The van der Waals surface area contributed by atoms with E-state index in [2.05, 4.69) is 26.6 Å². The Morgan fingerprint density at radius 1 is 0.475 bits per heavy atom. The zero-order chi connectivity index (χ0) is 30.3. The van der Waals surface area contributed by atoms with Gasteiger partial charge >= 0.3 is 29.8 Å². The highest BCUT2D eigenvalue weighted by atomic mass is 16.4. The molecule has 0 fully saturated rings. The summed E-state index contributed by atoms with van der Waals surface area (Å²) in [5.41, 5.74) is 0. The summed E-state index contributed by atoms with van der Waals surface area (Å²) in [7, 11) is 0. The zero-order valence-corrected chi connectivity index (χ0v) is 23.2. The van der Waals surface area contributed by atoms with Crippen LogP contribution in [0.2, 0.25) is 0 Å². The molecule has 0 aromatic rings. The molecule has 0 saturated carbocycles. The number of carbonyl (C=O) groups is 5. The highest BCUT2D eigenvalue weighted by Gasteiger charge is 2.19. The molecule has 0 radical (unpaired) electrons. The van der Waals surface area contributed by atoms with Crippen LogP contribution in [0.15, 0.2) is 0 Å². The first-order chi connectivity index (χ1) is 18.9. The molecule has 0 saturated heterocycles. The molecule has 0 aromatic carbocycles. The fourth-order valence-electron chi connectivity index (χ4n) is 4.30. The van der Waals surface area contributed by atoms with Crippen LogP contribution in [0.1, 0.15) is 64.7 Å². The van der Waals surface area contributed by atoms with Gasteiger partial charge in [0.1, 0.15) is 0 Å². The van der Waals surface area contributed by atoms with Gasteiger partial charge in [-0.2, -0.15) is 0 Å². The van der Waals surface area contributed by atoms with E-state index in [1.165, 1.54) is 0 Å². The van der Waals surface area contributed by atoms with E-state index in [-0.39, 0.29) is 56.9 Å². The molecule has 4 unspecified atom stereocenters. The molecular formula is C25H47N5O10. The predicted octanol–water partition coefficient (Wildman–Crippen LogP) is -0.637. The van der Waals surface area contributed by atoms with Crippen LogP contribution in [-0.4, -0.2) is 119 Å². The largest absolute Gasteiger partial charge is 0.480 e.